The first-order chi connectivity index (χ1) is 13.5. The van der Waals surface area contributed by atoms with Gasteiger partial charge in [0.15, 0.2) is 15.9 Å². The molecule has 0 atom stereocenters. The Hall–Kier alpha value is -2.39. The van der Waals surface area contributed by atoms with Crippen molar-refractivity contribution in [3.63, 3.8) is 0 Å². The third-order valence-electron chi connectivity index (χ3n) is 3.81. The SMILES string of the molecule is O=c1[nH]c2nccnc2c(O)c1-c1c(Cl)ccc(Cl)c1OCc1cnc(Cl)s1. The first-order valence-electron chi connectivity index (χ1n) is 7.73. The molecule has 3 aromatic heterocycles. The van der Waals surface area contributed by atoms with Crippen LogP contribution in [0.2, 0.25) is 14.5 Å². The molecule has 7 nitrogen and oxygen atoms in total. The van der Waals surface area contributed by atoms with Gasteiger partial charge in [-0.05, 0) is 12.1 Å². The third-order valence-corrected chi connectivity index (χ3v) is 5.51. The fourth-order valence-corrected chi connectivity index (χ4v) is 3.98. The van der Waals surface area contributed by atoms with E-state index in [4.69, 9.17) is 39.5 Å². The molecule has 3 heterocycles. The summed E-state index contributed by atoms with van der Waals surface area (Å²) in [7, 11) is 0. The van der Waals surface area contributed by atoms with Crippen molar-refractivity contribution in [1.29, 1.82) is 0 Å². The number of fused-ring (bicyclic) bond motifs is 1. The molecule has 0 radical (unpaired) electrons. The smallest absolute Gasteiger partial charge is 0.261 e. The van der Waals surface area contributed by atoms with Crippen LogP contribution in [0.4, 0.5) is 0 Å². The lowest BCUT2D eigenvalue weighted by atomic mass is 10.0. The van der Waals surface area contributed by atoms with E-state index in [-0.39, 0.29) is 50.4 Å². The van der Waals surface area contributed by atoms with Gasteiger partial charge in [0.05, 0.1) is 26.0 Å². The van der Waals surface area contributed by atoms with Gasteiger partial charge in [-0.1, -0.05) is 34.8 Å². The Morgan fingerprint density at radius 2 is 1.82 bits per heavy atom. The second-order valence-electron chi connectivity index (χ2n) is 5.53. The molecule has 142 valence electrons. The number of rotatable bonds is 4. The number of hydrogen-bond acceptors (Lipinski definition) is 7. The molecule has 0 aliphatic carbocycles. The van der Waals surface area contributed by atoms with Crippen molar-refractivity contribution in [2.45, 2.75) is 6.61 Å². The van der Waals surface area contributed by atoms with Crippen molar-refractivity contribution in [3.8, 4) is 22.6 Å². The second kappa shape index (κ2) is 7.56. The molecule has 0 aliphatic rings. The number of H-pyrrole nitrogens is 1. The number of ether oxygens (including phenoxy) is 1. The second-order valence-corrected chi connectivity index (χ2v) is 8.04. The molecule has 4 aromatic rings. The molecule has 0 saturated heterocycles. The van der Waals surface area contributed by atoms with Crippen LogP contribution in [0.3, 0.4) is 0 Å². The van der Waals surface area contributed by atoms with Gasteiger partial charge in [0.2, 0.25) is 0 Å². The zero-order chi connectivity index (χ0) is 19.8. The molecular weight excluding hydrogens is 447 g/mol. The molecule has 0 amide bonds. The van der Waals surface area contributed by atoms with Gasteiger partial charge >= 0.3 is 0 Å². The average Bonchev–Trinajstić information content (AvgIpc) is 3.09. The van der Waals surface area contributed by atoms with E-state index in [1.807, 2.05) is 0 Å². The van der Waals surface area contributed by atoms with Gasteiger partial charge in [0.25, 0.3) is 5.56 Å². The number of nitrogens with zero attached hydrogens (tertiary/aromatic N) is 3. The molecule has 0 spiro atoms. The molecule has 0 unspecified atom stereocenters. The Morgan fingerprint density at radius 3 is 2.57 bits per heavy atom. The number of aromatic nitrogens is 4. The number of nitrogens with one attached hydrogen (secondary N) is 1. The zero-order valence-electron chi connectivity index (χ0n) is 13.7. The molecule has 0 saturated carbocycles. The molecule has 2 N–H and O–H groups in total. The lowest BCUT2D eigenvalue weighted by Gasteiger charge is -2.15. The first-order valence-corrected chi connectivity index (χ1v) is 9.68. The van der Waals surface area contributed by atoms with Crippen molar-refractivity contribution >= 4 is 57.3 Å². The predicted molar refractivity (Wildman–Crippen MR) is 109 cm³/mol. The van der Waals surface area contributed by atoms with Crippen molar-refractivity contribution in [2.75, 3.05) is 0 Å². The summed E-state index contributed by atoms with van der Waals surface area (Å²) in [6.45, 7) is 0.101. The van der Waals surface area contributed by atoms with Gasteiger partial charge < -0.3 is 14.8 Å². The fraction of sp³-hybridized carbons (Fsp3) is 0.0588. The van der Waals surface area contributed by atoms with Crippen molar-refractivity contribution < 1.29 is 9.84 Å². The highest BCUT2D eigenvalue weighted by atomic mass is 35.5. The van der Waals surface area contributed by atoms with Crippen molar-refractivity contribution in [2.24, 2.45) is 0 Å². The van der Waals surface area contributed by atoms with Gasteiger partial charge in [-0.2, -0.15) is 0 Å². The van der Waals surface area contributed by atoms with Gasteiger partial charge in [-0.15, -0.1) is 11.3 Å². The molecule has 1 aromatic carbocycles. The largest absolute Gasteiger partial charge is 0.505 e. The Balaban J connectivity index is 1.89. The minimum absolute atomic E-state index is 0.101. The summed E-state index contributed by atoms with van der Waals surface area (Å²) in [5.41, 5.74) is -0.309. The number of pyridine rings is 1. The number of halogens is 3. The first kappa shape index (κ1) is 18.9. The van der Waals surface area contributed by atoms with Crippen LogP contribution in [0.1, 0.15) is 4.88 Å². The van der Waals surface area contributed by atoms with E-state index < -0.39 is 5.56 Å². The van der Waals surface area contributed by atoms with Crippen molar-refractivity contribution in [1.82, 2.24) is 19.9 Å². The van der Waals surface area contributed by atoms with E-state index in [1.54, 1.807) is 6.20 Å². The van der Waals surface area contributed by atoms with Crippen LogP contribution in [0, 0.1) is 0 Å². The molecule has 11 heteroatoms. The number of hydrogen-bond donors (Lipinski definition) is 2. The van der Waals surface area contributed by atoms with Crippen LogP contribution in [0.25, 0.3) is 22.3 Å². The highest BCUT2D eigenvalue weighted by Gasteiger charge is 2.23. The van der Waals surface area contributed by atoms with Gasteiger partial charge in [-0.3, -0.25) is 4.79 Å². The normalized spacial score (nSPS) is 11.1. The maximum Gasteiger partial charge on any atom is 0.261 e. The van der Waals surface area contributed by atoms with Gasteiger partial charge in [-0.25, -0.2) is 15.0 Å². The summed E-state index contributed by atoms with van der Waals surface area (Å²) >= 11 is 19.7. The monoisotopic (exact) mass is 454 g/mol. The van der Waals surface area contributed by atoms with E-state index in [2.05, 4.69) is 19.9 Å². The third kappa shape index (κ3) is 3.40. The van der Waals surface area contributed by atoms with Crippen LogP contribution in [0.15, 0.2) is 35.5 Å². The number of thiazole rings is 1. The highest BCUT2D eigenvalue weighted by Crippen LogP contribution is 2.44. The van der Waals surface area contributed by atoms with E-state index in [9.17, 15) is 9.90 Å². The maximum atomic E-state index is 12.7. The number of aromatic hydroxyl groups is 1. The average molecular weight is 456 g/mol. The maximum absolute atomic E-state index is 12.7. The van der Waals surface area contributed by atoms with Crippen LogP contribution < -0.4 is 10.3 Å². The molecule has 0 aliphatic heterocycles. The fourth-order valence-electron chi connectivity index (χ4n) is 2.63. The van der Waals surface area contributed by atoms with Crippen LogP contribution >= 0.6 is 46.1 Å². The van der Waals surface area contributed by atoms with E-state index in [1.165, 1.54) is 35.9 Å². The van der Waals surface area contributed by atoms with Gasteiger partial charge in [0, 0.05) is 18.6 Å². The quantitative estimate of drug-likeness (QED) is 0.463. The summed E-state index contributed by atoms with van der Waals surface area (Å²) in [6.07, 6.45) is 4.37. The lowest BCUT2D eigenvalue weighted by molar-refractivity contribution is 0.311. The van der Waals surface area contributed by atoms with Crippen LogP contribution in [-0.2, 0) is 6.61 Å². The van der Waals surface area contributed by atoms with E-state index in [0.717, 1.165) is 4.88 Å². The van der Waals surface area contributed by atoms with E-state index in [0.29, 0.717) is 4.47 Å². The molecule has 4 rings (SSSR count). The Bertz CT molecular complexity index is 1260. The number of aromatic amines is 1. The molecule has 0 fully saturated rings. The molecule has 0 bridgehead atoms. The van der Waals surface area contributed by atoms with Crippen LogP contribution in [-0.4, -0.2) is 25.0 Å². The highest BCUT2D eigenvalue weighted by molar-refractivity contribution is 7.15. The topological polar surface area (TPSA) is 101 Å². The minimum atomic E-state index is -0.611. The lowest BCUT2D eigenvalue weighted by Crippen LogP contribution is -2.12. The molecule has 28 heavy (non-hydrogen) atoms. The standard InChI is InChI=1S/C17H9Cl3N4O3S/c18-8-1-2-9(19)14(27-6-7-5-23-17(20)28-7)10(8)11-13(25)12-15(24-16(11)26)22-4-3-21-12/h1-5H,6H2,(H2,22,24,25,26). The van der Waals surface area contributed by atoms with Crippen molar-refractivity contribution in [3.05, 3.63) is 60.5 Å². The number of benzene rings is 1. The Kier molecular flexibility index (Phi) is 5.11. The van der Waals surface area contributed by atoms with E-state index >= 15 is 0 Å². The minimum Gasteiger partial charge on any atom is -0.505 e. The summed E-state index contributed by atoms with van der Waals surface area (Å²) in [5, 5.41) is 11.1. The molecular formula is C17H9Cl3N4O3S. The predicted octanol–water partition coefficient (Wildman–Crippen LogP) is 4.69. The van der Waals surface area contributed by atoms with Crippen LogP contribution in [0.5, 0.6) is 11.5 Å². The Morgan fingerprint density at radius 1 is 1.07 bits per heavy atom. The van der Waals surface area contributed by atoms with Gasteiger partial charge in [0.1, 0.15) is 17.9 Å². The summed E-state index contributed by atoms with van der Waals surface area (Å²) in [5.74, 6) is -0.232. The summed E-state index contributed by atoms with van der Waals surface area (Å²) < 4.78 is 6.19. The summed E-state index contributed by atoms with van der Waals surface area (Å²) in [4.78, 5) is 28.0. The Labute approximate surface area is 176 Å². The zero-order valence-corrected chi connectivity index (χ0v) is 16.8. The summed E-state index contributed by atoms with van der Waals surface area (Å²) in [6, 6.07) is 3.05.